The van der Waals surface area contributed by atoms with E-state index in [1.807, 2.05) is 20.8 Å². The van der Waals surface area contributed by atoms with Crippen molar-refractivity contribution in [1.82, 2.24) is 19.5 Å². The van der Waals surface area contributed by atoms with Crippen LogP contribution in [-0.2, 0) is 16.6 Å². The van der Waals surface area contributed by atoms with Gasteiger partial charge in [0.05, 0.1) is 10.9 Å². The second-order valence-electron chi connectivity index (χ2n) is 5.33. The summed E-state index contributed by atoms with van der Waals surface area (Å²) in [5, 5.41) is 4.30. The summed E-state index contributed by atoms with van der Waals surface area (Å²) in [7, 11) is -3.52. The van der Waals surface area contributed by atoms with E-state index < -0.39 is 10.0 Å². The number of rotatable bonds is 3. The molecule has 2 aromatic rings. The van der Waals surface area contributed by atoms with Gasteiger partial charge in [-0.2, -0.15) is 5.10 Å². The molecule has 3 heterocycles. The maximum absolute atomic E-state index is 12.6. The van der Waals surface area contributed by atoms with Crippen molar-refractivity contribution in [3.8, 4) is 0 Å². The Labute approximate surface area is 128 Å². The maximum Gasteiger partial charge on any atom is 0.242 e. The van der Waals surface area contributed by atoms with E-state index in [-0.39, 0.29) is 6.04 Å². The van der Waals surface area contributed by atoms with Crippen LogP contribution in [0.3, 0.4) is 0 Å². The van der Waals surface area contributed by atoms with Gasteiger partial charge < -0.3 is 0 Å². The number of thiophene rings is 1. The standard InChI is InChI=1S/C13H18N4O2S2/c1-8-7-12(9(2)20-8)21(18,19)16-11-5-4-6-17-13(11)14-10(3)15-17/h7,11,16H,4-6H2,1-3H3/t11-/m1/s1. The van der Waals surface area contributed by atoms with Crippen molar-refractivity contribution in [1.29, 1.82) is 0 Å². The second-order valence-corrected chi connectivity index (χ2v) is 8.48. The van der Waals surface area contributed by atoms with Gasteiger partial charge in [-0.15, -0.1) is 11.3 Å². The minimum Gasteiger partial charge on any atom is -0.248 e. The fraction of sp³-hybridized carbons (Fsp3) is 0.538. The first kappa shape index (κ1) is 14.7. The van der Waals surface area contributed by atoms with Crippen molar-refractivity contribution < 1.29 is 8.42 Å². The molecule has 114 valence electrons. The molecule has 6 nitrogen and oxygen atoms in total. The van der Waals surface area contributed by atoms with Crippen LogP contribution in [0.4, 0.5) is 0 Å². The Morgan fingerprint density at radius 2 is 2.14 bits per heavy atom. The number of fused-ring (bicyclic) bond motifs is 1. The van der Waals surface area contributed by atoms with E-state index in [4.69, 9.17) is 0 Å². The van der Waals surface area contributed by atoms with E-state index >= 15 is 0 Å². The van der Waals surface area contributed by atoms with Crippen LogP contribution in [0.1, 0.15) is 40.3 Å². The molecule has 21 heavy (non-hydrogen) atoms. The first-order chi connectivity index (χ1) is 9.87. The molecule has 0 amide bonds. The van der Waals surface area contributed by atoms with Gasteiger partial charge in [-0.05, 0) is 39.7 Å². The lowest BCUT2D eigenvalue weighted by atomic mass is 10.1. The third-order valence-corrected chi connectivity index (χ3v) is 6.26. The molecule has 0 saturated carbocycles. The lowest BCUT2D eigenvalue weighted by Gasteiger charge is -2.22. The molecule has 0 aromatic carbocycles. The Balaban J connectivity index is 1.92. The van der Waals surface area contributed by atoms with Crippen LogP contribution in [-0.4, -0.2) is 23.2 Å². The highest BCUT2D eigenvalue weighted by atomic mass is 32.2. The minimum absolute atomic E-state index is 0.301. The normalized spacial score (nSPS) is 18.7. The second kappa shape index (κ2) is 5.19. The van der Waals surface area contributed by atoms with Crippen LogP contribution in [0.5, 0.6) is 0 Å². The molecule has 1 aliphatic heterocycles. The molecule has 1 N–H and O–H groups in total. The van der Waals surface area contributed by atoms with Crippen LogP contribution < -0.4 is 4.72 Å². The van der Waals surface area contributed by atoms with Crippen LogP contribution in [0.25, 0.3) is 0 Å². The summed E-state index contributed by atoms with van der Waals surface area (Å²) in [5.41, 5.74) is 0. The van der Waals surface area contributed by atoms with Crippen molar-refractivity contribution in [3.05, 3.63) is 27.5 Å². The van der Waals surface area contributed by atoms with Gasteiger partial charge in [0, 0.05) is 16.3 Å². The summed E-state index contributed by atoms with van der Waals surface area (Å²) in [6.07, 6.45) is 1.64. The molecule has 0 radical (unpaired) electrons. The van der Waals surface area contributed by atoms with E-state index in [1.54, 1.807) is 10.7 Å². The molecular weight excluding hydrogens is 308 g/mol. The Hall–Kier alpha value is -1.25. The predicted octanol–water partition coefficient (Wildman–Crippen LogP) is 2.08. The first-order valence-corrected chi connectivity index (χ1v) is 9.17. The van der Waals surface area contributed by atoms with Crippen molar-refractivity contribution in [2.45, 2.75) is 51.1 Å². The fourth-order valence-electron chi connectivity index (χ4n) is 2.71. The highest BCUT2D eigenvalue weighted by Gasteiger charge is 2.29. The number of aryl methyl sites for hydroxylation is 4. The van der Waals surface area contributed by atoms with E-state index in [0.717, 1.165) is 29.1 Å². The monoisotopic (exact) mass is 326 g/mol. The molecule has 0 fully saturated rings. The summed E-state index contributed by atoms with van der Waals surface area (Å²) in [4.78, 5) is 6.55. The van der Waals surface area contributed by atoms with Crippen molar-refractivity contribution in [3.63, 3.8) is 0 Å². The zero-order valence-electron chi connectivity index (χ0n) is 12.3. The summed E-state index contributed by atoms with van der Waals surface area (Å²) < 4.78 is 29.8. The minimum atomic E-state index is -3.52. The molecule has 1 aliphatic rings. The largest absolute Gasteiger partial charge is 0.248 e. The van der Waals surface area contributed by atoms with Crippen molar-refractivity contribution >= 4 is 21.4 Å². The predicted molar refractivity (Wildman–Crippen MR) is 80.8 cm³/mol. The number of nitrogens with one attached hydrogen (secondary N) is 1. The number of hydrogen-bond acceptors (Lipinski definition) is 5. The van der Waals surface area contributed by atoms with Crippen molar-refractivity contribution in [2.75, 3.05) is 0 Å². The van der Waals surface area contributed by atoms with Gasteiger partial charge in [0.2, 0.25) is 10.0 Å². The van der Waals surface area contributed by atoms with Gasteiger partial charge in [-0.1, -0.05) is 0 Å². The third-order valence-electron chi connectivity index (χ3n) is 3.56. The Morgan fingerprint density at radius 3 is 2.81 bits per heavy atom. The zero-order valence-corrected chi connectivity index (χ0v) is 13.9. The lowest BCUT2D eigenvalue weighted by molar-refractivity contribution is 0.399. The third kappa shape index (κ3) is 2.75. The topological polar surface area (TPSA) is 76.9 Å². The highest BCUT2D eigenvalue weighted by molar-refractivity contribution is 7.89. The number of aromatic nitrogens is 3. The number of hydrogen-bond donors (Lipinski definition) is 1. The zero-order chi connectivity index (χ0) is 15.2. The van der Waals surface area contributed by atoms with E-state index in [9.17, 15) is 8.42 Å². The SMILES string of the molecule is Cc1nc2n(n1)CCC[C@H]2NS(=O)(=O)c1cc(C)sc1C. The van der Waals surface area contributed by atoms with Gasteiger partial charge in [-0.3, -0.25) is 0 Å². The summed E-state index contributed by atoms with van der Waals surface area (Å²) in [6.45, 7) is 6.37. The van der Waals surface area contributed by atoms with E-state index in [0.29, 0.717) is 16.5 Å². The molecule has 0 unspecified atom stereocenters. The van der Waals surface area contributed by atoms with Gasteiger partial charge in [0.1, 0.15) is 11.6 Å². The van der Waals surface area contributed by atoms with Crippen molar-refractivity contribution in [2.24, 2.45) is 0 Å². The summed E-state index contributed by atoms with van der Waals surface area (Å²) in [5.74, 6) is 1.39. The highest BCUT2D eigenvalue weighted by Crippen LogP contribution is 2.29. The Morgan fingerprint density at radius 1 is 1.38 bits per heavy atom. The Kier molecular flexibility index (Phi) is 3.62. The molecular formula is C13H18N4O2S2. The summed E-state index contributed by atoms with van der Waals surface area (Å²) >= 11 is 1.50. The van der Waals surface area contributed by atoms with Crippen LogP contribution >= 0.6 is 11.3 Å². The molecule has 3 rings (SSSR count). The number of nitrogens with zero attached hydrogens (tertiary/aromatic N) is 3. The number of sulfonamides is 1. The smallest absolute Gasteiger partial charge is 0.242 e. The van der Waals surface area contributed by atoms with Gasteiger partial charge in [-0.25, -0.2) is 22.8 Å². The van der Waals surface area contributed by atoms with Gasteiger partial charge in [0.15, 0.2) is 0 Å². The lowest BCUT2D eigenvalue weighted by Crippen LogP contribution is -2.33. The molecule has 0 aliphatic carbocycles. The van der Waals surface area contributed by atoms with Gasteiger partial charge >= 0.3 is 0 Å². The van der Waals surface area contributed by atoms with Crippen LogP contribution in [0.2, 0.25) is 0 Å². The van der Waals surface area contributed by atoms with Crippen LogP contribution in [0.15, 0.2) is 11.0 Å². The van der Waals surface area contributed by atoms with Crippen LogP contribution in [0, 0.1) is 20.8 Å². The fourth-order valence-corrected chi connectivity index (χ4v) is 5.49. The maximum atomic E-state index is 12.6. The van der Waals surface area contributed by atoms with Gasteiger partial charge in [0.25, 0.3) is 0 Å². The Bertz CT molecular complexity index is 776. The average Bonchev–Trinajstić information content (AvgIpc) is 2.92. The molecule has 0 saturated heterocycles. The molecule has 2 aromatic heterocycles. The molecule has 8 heteroatoms. The first-order valence-electron chi connectivity index (χ1n) is 6.87. The quantitative estimate of drug-likeness (QED) is 0.937. The molecule has 1 atom stereocenters. The molecule has 0 spiro atoms. The summed E-state index contributed by atoms with van der Waals surface area (Å²) in [6, 6.07) is 1.42. The van der Waals surface area contributed by atoms with E-state index in [2.05, 4.69) is 14.8 Å². The molecule has 0 bridgehead atoms. The average molecular weight is 326 g/mol. The van der Waals surface area contributed by atoms with E-state index in [1.165, 1.54) is 11.3 Å².